The maximum Gasteiger partial charge on any atom is 0.191 e. The lowest BCUT2D eigenvalue weighted by Crippen LogP contribution is -1.81. The Balaban J connectivity index is 2.49. The molecule has 0 aliphatic carbocycles. The van der Waals surface area contributed by atoms with E-state index in [1.165, 1.54) is 0 Å². The summed E-state index contributed by atoms with van der Waals surface area (Å²) < 4.78 is 5.12. The zero-order valence-electron chi connectivity index (χ0n) is 5.83. The van der Waals surface area contributed by atoms with Gasteiger partial charge in [-0.05, 0) is 0 Å². The molecule has 0 fully saturated rings. The van der Waals surface area contributed by atoms with E-state index in [2.05, 4.69) is 4.98 Å². The number of hydrogen-bond acceptors (Lipinski definition) is 3. The molecule has 3 heteroatoms. The monoisotopic (exact) mass is 139 g/mol. The molecule has 1 aromatic rings. The standard InChI is InChI=1S/C7H9NO2/c1-6-8-5-7(10-6)3-2-4-9/h4-5H,2-3H2,1H3. The van der Waals surface area contributed by atoms with Crippen LogP contribution in [0.4, 0.5) is 0 Å². The van der Waals surface area contributed by atoms with Gasteiger partial charge in [0.2, 0.25) is 0 Å². The minimum atomic E-state index is 0.509. The van der Waals surface area contributed by atoms with Crippen molar-refractivity contribution in [1.82, 2.24) is 4.98 Å². The van der Waals surface area contributed by atoms with Gasteiger partial charge < -0.3 is 9.21 Å². The number of aryl methyl sites for hydroxylation is 2. The minimum Gasteiger partial charge on any atom is -0.446 e. The van der Waals surface area contributed by atoms with E-state index < -0.39 is 0 Å². The van der Waals surface area contributed by atoms with Crippen LogP contribution in [-0.4, -0.2) is 11.3 Å². The highest BCUT2D eigenvalue weighted by Gasteiger charge is 1.97. The fraction of sp³-hybridized carbons (Fsp3) is 0.429. The highest BCUT2D eigenvalue weighted by Crippen LogP contribution is 2.03. The predicted molar refractivity (Wildman–Crippen MR) is 35.6 cm³/mol. The van der Waals surface area contributed by atoms with Gasteiger partial charge in [-0.3, -0.25) is 0 Å². The van der Waals surface area contributed by atoms with Crippen LogP contribution in [-0.2, 0) is 11.2 Å². The Morgan fingerprint density at radius 3 is 3.10 bits per heavy atom. The average molecular weight is 139 g/mol. The molecule has 0 radical (unpaired) electrons. The Labute approximate surface area is 59.1 Å². The summed E-state index contributed by atoms with van der Waals surface area (Å²) in [5.74, 6) is 1.44. The summed E-state index contributed by atoms with van der Waals surface area (Å²) in [7, 11) is 0. The molecule has 54 valence electrons. The van der Waals surface area contributed by atoms with Crippen molar-refractivity contribution in [3.8, 4) is 0 Å². The fourth-order valence-corrected chi connectivity index (χ4v) is 0.722. The molecule has 1 aromatic heterocycles. The fourth-order valence-electron chi connectivity index (χ4n) is 0.722. The second-order valence-corrected chi connectivity index (χ2v) is 2.05. The van der Waals surface area contributed by atoms with Gasteiger partial charge in [-0.25, -0.2) is 4.98 Å². The van der Waals surface area contributed by atoms with Crippen molar-refractivity contribution in [3.63, 3.8) is 0 Å². The van der Waals surface area contributed by atoms with Gasteiger partial charge in [0.25, 0.3) is 0 Å². The predicted octanol–water partition coefficient (Wildman–Crippen LogP) is 1.11. The Kier molecular flexibility index (Phi) is 2.20. The van der Waals surface area contributed by atoms with Gasteiger partial charge in [0.15, 0.2) is 5.89 Å². The summed E-state index contributed by atoms with van der Waals surface area (Å²) >= 11 is 0. The SMILES string of the molecule is Cc1ncc(CCC=O)o1. The summed E-state index contributed by atoms with van der Waals surface area (Å²) in [5.41, 5.74) is 0. The zero-order valence-corrected chi connectivity index (χ0v) is 5.83. The second kappa shape index (κ2) is 3.15. The molecule has 0 unspecified atom stereocenters. The highest BCUT2D eigenvalue weighted by molar-refractivity contribution is 5.49. The van der Waals surface area contributed by atoms with Crippen LogP contribution in [0.5, 0.6) is 0 Å². The zero-order chi connectivity index (χ0) is 7.40. The van der Waals surface area contributed by atoms with Gasteiger partial charge in [0, 0.05) is 19.8 Å². The van der Waals surface area contributed by atoms with Crippen molar-refractivity contribution < 1.29 is 9.21 Å². The van der Waals surface area contributed by atoms with Crippen LogP contribution >= 0.6 is 0 Å². The molecule has 10 heavy (non-hydrogen) atoms. The van der Waals surface area contributed by atoms with Crippen molar-refractivity contribution in [3.05, 3.63) is 17.8 Å². The van der Waals surface area contributed by atoms with Crippen molar-refractivity contribution >= 4 is 6.29 Å². The van der Waals surface area contributed by atoms with Gasteiger partial charge >= 0.3 is 0 Å². The van der Waals surface area contributed by atoms with E-state index in [1.54, 1.807) is 13.1 Å². The second-order valence-electron chi connectivity index (χ2n) is 2.05. The lowest BCUT2D eigenvalue weighted by molar-refractivity contribution is -0.107. The molecule has 1 heterocycles. The summed E-state index contributed by atoms with van der Waals surface area (Å²) in [5, 5.41) is 0. The van der Waals surface area contributed by atoms with E-state index in [-0.39, 0.29) is 0 Å². The molecular formula is C7H9NO2. The molecule has 0 saturated heterocycles. The van der Waals surface area contributed by atoms with E-state index in [1.807, 2.05) is 0 Å². The first-order valence-corrected chi connectivity index (χ1v) is 3.18. The molecule has 0 saturated carbocycles. The van der Waals surface area contributed by atoms with E-state index in [9.17, 15) is 4.79 Å². The van der Waals surface area contributed by atoms with Gasteiger partial charge in [-0.1, -0.05) is 0 Å². The largest absolute Gasteiger partial charge is 0.446 e. The summed E-state index contributed by atoms with van der Waals surface area (Å²) in [6, 6.07) is 0. The maximum absolute atomic E-state index is 9.92. The number of rotatable bonds is 3. The van der Waals surface area contributed by atoms with Crippen molar-refractivity contribution in [1.29, 1.82) is 0 Å². The Hall–Kier alpha value is -1.12. The summed E-state index contributed by atoms with van der Waals surface area (Å²) in [4.78, 5) is 13.8. The molecule has 0 N–H and O–H groups in total. The van der Waals surface area contributed by atoms with Crippen LogP contribution in [0.1, 0.15) is 18.1 Å². The molecule has 1 rings (SSSR count). The normalized spacial score (nSPS) is 9.70. The van der Waals surface area contributed by atoms with Crippen LogP contribution < -0.4 is 0 Å². The highest BCUT2D eigenvalue weighted by atomic mass is 16.3. The number of hydrogen-bond donors (Lipinski definition) is 0. The third-order valence-corrected chi connectivity index (χ3v) is 1.18. The van der Waals surface area contributed by atoms with Crippen LogP contribution in [0.2, 0.25) is 0 Å². The van der Waals surface area contributed by atoms with Crippen molar-refractivity contribution in [2.24, 2.45) is 0 Å². The smallest absolute Gasteiger partial charge is 0.191 e. The Morgan fingerprint density at radius 1 is 1.80 bits per heavy atom. The molecule has 0 atom stereocenters. The van der Waals surface area contributed by atoms with Crippen molar-refractivity contribution in [2.75, 3.05) is 0 Å². The van der Waals surface area contributed by atoms with Gasteiger partial charge in [0.05, 0.1) is 6.20 Å². The van der Waals surface area contributed by atoms with E-state index in [4.69, 9.17) is 4.42 Å². The molecule has 0 amide bonds. The van der Waals surface area contributed by atoms with Gasteiger partial charge in [-0.15, -0.1) is 0 Å². The van der Waals surface area contributed by atoms with Crippen LogP contribution in [0.25, 0.3) is 0 Å². The topological polar surface area (TPSA) is 43.1 Å². The lowest BCUT2D eigenvalue weighted by atomic mass is 10.3. The first-order chi connectivity index (χ1) is 4.83. The molecular weight excluding hydrogens is 130 g/mol. The number of oxazole rings is 1. The van der Waals surface area contributed by atoms with Crippen LogP contribution in [0.15, 0.2) is 10.6 Å². The maximum atomic E-state index is 9.92. The average Bonchev–Trinajstić information content (AvgIpc) is 2.31. The van der Waals surface area contributed by atoms with Crippen LogP contribution in [0.3, 0.4) is 0 Å². The number of carbonyl (C=O) groups is 1. The molecule has 0 aliphatic heterocycles. The van der Waals surface area contributed by atoms with E-state index in [0.29, 0.717) is 18.7 Å². The summed E-state index contributed by atoms with van der Waals surface area (Å²) in [6.45, 7) is 1.78. The van der Waals surface area contributed by atoms with Gasteiger partial charge in [0.1, 0.15) is 12.0 Å². The first-order valence-electron chi connectivity index (χ1n) is 3.18. The number of aldehydes is 1. The summed E-state index contributed by atoms with van der Waals surface area (Å²) in [6.07, 6.45) is 3.69. The quantitative estimate of drug-likeness (QED) is 0.589. The minimum absolute atomic E-state index is 0.509. The molecule has 0 spiro atoms. The Morgan fingerprint density at radius 2 is 2.60 bits per heavy atom. The third-order valence-electron chi connectivity index (χ3n) is 1.18. The van der Waals surface area contributed by atoms with E-state index in [0.717, 1.165) is 12.0 Å². The molecule has 0 bridgehead atoms. The molecule has 0 aromatic carbocycles. The molecule has 3 nitrogen and oxygen atoms in total. The number of nitrogens with zero attached hydrogens (tertiary/aromatic N) is 1. The Bertz CT molecular complexity index is 217. The molecule has 0 aliphatic rings. The van der Waals surface area contributed by atoms with Crippen LogP contribution in [0, 0.1) is 6.92 Å². The lowest BCUT2D eigenvalue weighted by Gasteiger charge is -1.85. The van der Waals surface area contributed by atoms with E-state index >= 15 is 0 Å². The third kappa shape index (κ3) is 1.69. The number of aromatic nitrogens is 1. The number of carbonyl (C=O) groups excluding carboxylic acids is 1. The first kappa shape index (κ1) is 6.99. The van der Waals surface area contributed by atoms with Crippen molar-refractivity contribution in [2.45, 2.75) is 19.8 Å². The van der Waals surface area contributed by atoms with Gasteiger partial charge in [-0.2, -0.15) is 0 Å².